The second-order valence-corrected chi connectivity index (χ2v) is 5.82. The molecule has 138 valence electrons. The summed E-state index contributed by atoms with van der Waals surface area (Å²) in [6.45, 7) is 4.28. The van der Waals surface area contributed by atoms with Crippen LogP contribution in [0.15, 0.2) is 42.5 Å². The Morgan fingerprint density at radius 1 is 1.00 bits per heavy atom. The molecule has 0 spiro atoms. The molecule has 0 aliphatic rings. The predicted octanol–water partition coefficient (Wildman–Crippen LogP) is 1.91. The zero-order chi connectivity index (χ0) is 18.9. The van der Waals surface area contributed by atoms with Crippen LogP contribution in [0.1, 0.15) is 19.4 Å². The summed E-state index contributed by atoms with van der Waals surface area (Å²) in [6.07, 6.45) is 0.174. The topological polar surface area (TPSA) is 75.7 Å². The fraction of sp³-hybridized carbons (Fsp3) is 0.350. The standard InChI is InChI=1S/C20H24N2O4/c1-3-22(4-2)19(24)14-26-20(25)13-21-18(23)12-16-10-7-9-15-8-5-6-11-17(15)16/h5-11H,3-4,12-14H2,1-2H3,(H,21,23). The molecule has 2 rings (SSSR count). The molecular weight excluding hydrogens is 332 g/mol. The highest BCUT2D eigenvalue weighted by Gasteiger charge is 2.14. The van der Waals surface area contributed by atoms with Gasteiger partial charge >= 0.3 is 5.97 Å². The lowest BCUT2D eigenvalue weighted by atomic mass is 10.0. The average Bonchev–Trinajstić information content (AvgIpc) is 2.66. The molecule has 0 unspecified atom stereocenters. The summed E-state index contributed by atoms with van der Waals surface area (Å²) >= 11 is 0. The Bertz CT molecular complexity index is 779. The minimum absolute atomic E-state index is 0.174. The number of nitrogens with one attached hydrogen (secondary N) is 1. The molecule has 0 radical (unpaired) electrons. The van der Waals surface area contributed by atoms with Gasteiger partial charge in [-0.05, 0) is 30.2 Å². The smallest absolute Gasteiger partial charge is 0.325 e. The SMILES string of the molecule is CCN(CC)C(=O)COC(=O)CNC(=O)Cc1cccc2ccccc12. The van der Waals surface area contributed by atoms with Crippen LogP contribution in [0, 0.1) is 0 Å². The zero-order valence-corrected chi connectivity index (χ0v) is 15.2. The van der Waals surface area contributed by atoms with Gasteiger partial charge in [-0.2, -0.15) is 0 Å². The van der Waals surface area contributed by atoms with Gasteiger partial charge in [-0.25, -0.2) is 0 Å². The zero-order valence-electron chi connectivity index (χ0n) is 15.2. The molecule has 0 fully saturated rings. The molecule has 26 heavy (non-hydrogen) atoms. The van der Waals surface area contributed by atoms with E-state index in [-0.39, 0.29) is 31.4 Å². The third-order valence-electron chi connectivity index (χ3n) is 4.13. The van der Waals surface area contributed by atoms with Gasteiger partial charge in [0, 0.05) is 13.1 Å². The minimum Gasteiger partial charge on any atom is -0.454 e. The number of nitrogens with zero attached hydrogens (tertiary/aromatic N) is 1. The van der Waals surface area contributed by atoms with E-state index in [9.17, 15) is 14.4 Å². The highest BCUT2D eigenvalue weighted by atomic mass is 16.5. The summed E-state index contributed by atoms with van der Waals surface area (Å²) < 4.78 is 4.91. The maximum atomic E-state index is 12.1. The van der Waals surface area contributed by atoms with Crippen LogP contribution in [0.25, 0.3) is 10.8 Å². The Morgan fingerprint density at radius 3 is 2.42 bits per heavy atom. The Morgan fingerprint density at radius 2 is 1.69 bits per heavy atom. The predicted molar refractivity (Wildman–Crippen MR) is 99.5 cm³/mol. The average molecular weight is 356 g/mol. The Balaban J connectivity index is 1.81. The van der Waals surface area contributed by atoms with E-state index in [0.717, 1.165) is 16.3 Å². The van der Waals surface area contributed by atoms with E-state index in [1.807, 2.05) is 56.3 Å². The largest absolute Gasteiger partial charge is 0.454 e. The summed E-state index contributed by atoms with van der Waals surface area (Å²) in [5, 5.41) is 4.61. The number of carbonyl (C=O) groups is 3. The van der Waals surface area contributed by atoms with Crippen molar-refractivity contribution in [2.45, 2.75) is 20.3 Å². The molecule has 0 aliphatic heterocycles. The third-order valence-corrected chi connectivity index (χ3v) is 4.13. The van der Waals surface area contributed by atoms with E-state index in [1.54, 1.807) is 4.90 Å². The summed E-state index contributed by atoms with van der Waals surface area (Å²) in [4.78, 5) is 37.2. The lowest BCUT2D eigenvalue weighted by molar-refractivity contribution is -0.151. The fourth-order valence-electron chi connectivity index (χ4n) is 2.71. The molecular formula is C20H24N2O4. The number of likely N-dealkylation sites (N-methyl/N-ethyl adjacent to an activating group) is 1. The Kier molecular flexibility index (Phi) is 7.14. The molecule has 1 N–H and O–H groups in total. The van der Waals surface area contributed by atoms with E-state index >= 15 is 0 Å². The van der Waals surface area contributed by atoms with Gasteiger partial charge in [0.25, 0.3) is 5.91 Å². The van der Waals surface area contributed by atoms with Crippen LogP contribution in [-0.2, 0) is 25.5 Å². The van der Waals surface area contributed by atoms with Gasteiger partial charge < -0.3 is 15.0 Å². The maximum Gasteiger partial charge on any atom is 0.325 e. The van der Waals surface area contributed by atoms with Crippen molar-refractivity contribution in [1.29, 1.82) is 0 Å². The van der Waals surface area contributed by atoms with Gasteiger partial charge in [0.1, 0.15) is 6.54 Å². The summed E-state index contributed by atoms with van der Waals surface area (Å²) in [5.41, 5.74) is 0.894. The summed E-state index contributed by atoms with van der Waals surface area (Å²) in [7, 11) is 0. The van der Waals surface area contributed by atoms with Crippen LogP contribution < -0.4 is 5.32 Å². The lowest BCUT2D eigenvalue weighted by Gasteiger charge is -2.18. The first-order valence-electron chi connectivity index (χ1n) is 8.71. The van der Waals surface area contributed by atoms with Gasteiger partial charge in [0.15, 0.2) is 6.61 Å². The first kappa shape index (κ1) is 19.4. The molecule has 0 atom stereocenters. The van der Waals surface area contributed by atoms with Crippen LogP contribution in [0.5, 0.6) is 0 Å². The quantitative estimate of drug-likeness (QED) is 0.733. The molecule has 6 heteroatoms. The monoisotopic (exact) mass is 356 g/mol. The first-order chi connectivity index (χ1) is 12.5. The highest BCUT2D eigenvalue weighted by molar-refractivity contribution is 5.91. The van der Waals surface area contributed by atoms with Crippen LogP contribution in [-0.4, -0.2) is 48.9 Å². The summed E-state index contributed by atoms with van der Waals surface area (Å²) in [6, 6.07) is 13.6. The van der Waals surface area contributed by atoms with Gasteiger partial charge in [0.2, 0.25) is 5.91 Å². The Hall–Kier alpha value is -2.89. The molecule has 0 aromatic heterocycles. The van der Waals surface area contributed by atoms with Gasteiger partial charge in [-0.1, -0.05) is 42.5 Å². The van der Waals surface area contributed by atoms with E-state index in [4.69, 9.17) is 4.74 Å². The van der Waals surface area contributed by atoms with Crippen molar-refractivity contribution in [2.24, 2.45) is 0 Å². The third kappa shape index (κ3) is 5.31. The van der Waals surface area contributed by atoms with Crippen LogP contribution in [0.4, 0.5) is 0 Å². The number of amides is 2. The van der Waals surface area contributed by atoms with Crippen molar-refractivity contribution in [3.63, 3.8) is 0 Å². The summed E-state index contributed by atoms with van der Waals surface area (Å²) in [5.74, 6) is -1.14. The second-order valence-electron chi connectivity index (χ2n) is 5.82. The van der Waals surface area contributed by atoms with Crippen molar-refractivity contribution >= 4 is 28.6 Å². The molecule has 0 aliphatic carbocycles. The van der Waals surface area contributed by atoms with Crippen molar-refractivity contribution in [1.82, 2.24) is 10.2 Å². The van der Waals surface area contributed by atoms with E-state index in [0.29, 0.717) is 13.1 Å². The van der Waals surface area contributed by atoms with Crippen LogP contribution >= 0.6 is 0 Å². The molecule has 0 bridgehead atoms. The fourth-order valence-corrected chi connectivity index (χ4v) is 2.71. The number of hydrogen-bond acceptors (Lipinski definition) is 4. The number of rotatable bonds is 8. The van der Waals surface area contributed by atoms with E-state index in [2.05, 4.69) is 5.32 Å². The molecule has 0 saturated heterocycles. The number of ether oxygens (including phenoxy) is 1. The van der Waals surface area contributed by atoms with E-state index in [1.165, 1.54) is 0 Å². The van der Waals surface area contributed by atoms with E-state index < -0.39 is 5.97 Å². The lowest BCUT2D eigenvalue weighted by Crippen LogP contribution is -2.36. The number of fused-ring (bicyclic) bond motifs is 1. The molecule has 2 amide bonds. The van der Waals surface area contributed by atoms with Crippen molar-refractivity contribution < 1.29 is 19.1 Å². The van der Waals surface area contributed by atoms with Gasteiger partial charge in [-0.3, -0.25) is 14.4 Å². The molecule has 0 saturated carbocycles. The Labute approximate surface area is 153 Å². The van der Waals surface area contributed by atoms with Crippen molar-refractivity contribution in [2.75, 3.05) is 26.2 Å². The van der Waals surface area contributed by atoms with Crippen molar-refractivity contribution in [3.05, 3.63) is 48.0 Å². The normalized spacial score (nSPS) is 10.4. The number of hydrogen-bond donors (Lipinski definition) is 1. The second kappa shape index (κ2) is 9.56. The highest BCUT2D eigenvalue weighted by Crippen LogP contribution is 2.18. The van der Waals surface area contributed by atoms with Crippen LogP contribution in [0.3, 0.4) is 0 Å². The van der Waals surface area contributed by atoms with Crippen LogP contribution in [0.2, 0.25) is 0 Å². The number of benzene rings is 2. The molecule has 2 aromatic rings. The molecule has 6 nitrogen and oxygen atoms in total. The number of esters is 1. The number of carbonyl (C=O) groups excluding carboxylic acids is 3. The molecule has 2 aromatic carbocycles. The first-order valence-corrected chi connectivity index (χ1v) is 8.71. The van der Waals surface area contributed by atoms with Gasteiger partial charge in [0.05, 0.1) is 6.42 Å². The van der Waals surface area contributed by atoms with Crippen molar-refractivity contribution in [3.8, 4) is 0 Å². The maximum absolute atomic E-state index is 12.1. The molecule has 0 heterocycles. The minimum atomic E-state index is -0.628. The van der Waals surface area contributed by atoms with Gasteiger partial charge in [-0.15, -0.1) is 0 Å².